The zero-order valence-electron chi connectivity index (χ0n) is 22.2. The van der Waals surface area contributed by atoms with E-state index in [4.69, 9.17) is 14.5 Å². The molecule has 6 aliphatic rings. The van der Waals surface area contributed by atoms with E-state index in [0.29, 0.717) is 45.3 Å². The molecule has 0 aromatic rings. The van der Waals surface area contributed by atoms with Crippen molar-refractivity contribution in [2.75, 3.05) is 46.0 Å². The molecule has 2 heterocycles. The van der Waals surface area contributed by atoms with Crippen LogP contribution in [0.2, 0.25) is 0 Å². The number of esters is 1. The summed E-state index contributed by atoms with van der Waals surface area (Å²) in [6, 6.07) is 0. The van der Waals surface area contributed by atoms with E-state index in [1.807, 2.05) is 0 Å². The van der Waals surface area contributed by atoms with Crippen LogP contribution in [-0.2, 0) is 14.3 Å². The van der Waals surface area contributed by atoms with Gasteiger partial charge in [0, 0.05) is 49.2 Å². The number of hydrogen-bond donors (Lipinski definition) is 3. The topological polar surface area (TPSA) is 112 Å². The molecule has 0 amide bonds. The lowest BCUT2D eigenvalue weighted by Crippen LogP contribution is -2.68. The van der Waals surface area contributed by atoms with Gasteiger partial charge in [-0.25, -0.2) is 4.79 Å². The van der Waals surface area contributed by atoms with Gasteiger partial charge in [0.15, 0.2) is 0 Å². The van der Waals surface area contributed by atoms with Gasteiger partial charge in [-0.05, 0) is 74.7 Å². The normalized spacial score (nSPS) is 48.3. The Morgan fingerprint density at radius 1 is 1.08 bits per heavy atom. The molecule has 3 N–H and O–H groups in total. The minimum atomic E-state index is -0.995. The molecular weight excluding hydrogens is 472 g/mol. The quantitative estimate of drug-likeness (QED) is 0.379. The molecule has 8 heteroatoms. The number of fused-ring (bicyclic) bond motifs is 5. The number of morpholine rings is 1. The van der Waals surface area contributed by atoms with Crippen LogP contribution in [0.15, 0.2) is 16.6 Å². The van der Waals surface area contributed by atoms with Gasteiger partial charge in [-0.15, -0.1) is 0 Å². The first-order valence-corrected chi connectivity index (χ1v) is 14.5. The first kappa shape index (κ1) is 25.9. The van der Waals surface area contributed by atoms with E-state index in [9.17, 15) is 20.1 Å². The van der Waals surface area contributed by atoms with Crippen LogP contribution < -0.4 is 0 Å². The predicted molar refractivity (Wildman–Crippen MR) is 138 cm³/mol. The summed E-state index contributed by atoms with van der Waals surface area (Å²) in [6.07, 6.45) is 9.65. The number of ether oxygens (including phenoxy) is 2. The van der Waals surface area contributed by atoms with Gasteiger partial charge in [-0.3, -0.25) is 9.89 Å². The molecule has 0 radical (unpaired) electrons. The molecule has 8 atom stereocenters. The predicted octanol–water partition coefficient (Wildman–Crippen LogP) is 2.10. The fourth-order valence-electron chi connectivity index (χ4n) is 9.61. The molecule has 4 aliphatic carbocycles. The summed E-state index contributed by atoms with van der Waals surface area (Å²) in [6.45, 7) is 7.53. The molecule has 206 valence electrons. The van der Waals surface area contributed by atoms with Gasteiger partial charge in [0.25, 0.3) is 0 Å². The minimum Gasteiger partial charge on any atom is -0.458 e. The maximum Gasteiger partial charge on any atom is 0.331 e. The molecule has 0 spiro atoms. The summed E-state index contributed by atoms with van der Waals surface area (Å²) in [7, 11) is 0. The molecule has 8 nitrogen and oxygen atoms in total. The summed E-state index contributed by atoms with van der Waals surface area (Å²) in [5.41, 5.74) is -1.65. The standard InChI is InChI=1S/C29H44N2O6/c1-26-6-3-23-24(29(26,35)9-5-22(26)20-16-25(33)37-18-20)4-8-28(34)17-21(32)2-7-27(23,28)19-30-10-11-31-12-14-36-15-13-31/h16,19,21-24,32,34-35H,2-15,17-18H2,1H3/t21-,22+,23-,24+,26+,27-,28-,29+/m0/s1. The molecule has 37 heavy (non-hydrogen) atoms. The highest BCUT2D eigenvalue weighted by atomic mass is 16.5. The van der Waals surface area contributed by atoms with Crippen molar-refractivity contribution in [2.24, 2.45) is 33.6 Å². The van der Waals surface area contributed by atoms with E-state index >= 15 is 0 Å². The van der Waals surface area contributed by atoms with Crippen molar-refractivity contribution in [2.45, 2.75) is 82.0 Å². The molecule has 0 aromatic heterocycles. The van der Waals surface area contributed by atoms with Crippen molar-refractivity contribution in [1.82, 2.24) is 4.90 Å². The molecule has 1 saturated heterocycles. The highest BCUT2D eigenvalue weighted by molar-refractivity contribution is 5.85. The fourth-order valence-corrected chi connectivity index (χ4v) is 9.61. The maximum atomic E-state index is 12.5. The molecular formula is C29H44N2O6. The van der Waals surface area contributed by atoms with Gasteiger partial charge in [0.1, 0.15) is 6.61 Å². The van der Waals surface area contributed by atoms with E-state index in [1.54, 1.807) is 6.08 Å². The second-order valence-corrected chi connectivity index (χ2v) is 13.0. The van der Waals surface area contributed by atoms with E-state index in [2.05, 4.69) is 18.0 Å². The number of cyclic esters (lactones) is 1. The number of carbonyl (C=O) groups excluding carboxylic acids is 1. The third-order valence-corrected chi connectivity index (χ3v) is 11.6. The number of rotatable bonds is 5. The van der Waals surface area contributed by atoms with Crippen molar-refractivity contribution >= 4 is 12.2 Å². The molecule has 2 aliphatic heterocycles. The Morgan fingerprint density at radius 3 is 2.62 bits per heavy atom. The molecule has 5 fully saturated rings. The first-order chi connectivity index (χ1) is 17.7. The third-order valence-electron chi connectivity index (χ3n) is 11.6. The van der Waals surface area contributed by atoms with Crippen molar-refractivity contribution < 1.29 is 29.6 Å². The van der Waals surface area contributed by atoms with Crippen LogP contribution in [0.3, 0.4) is 0 Å². The average Bonchev–Trinajstić information content (AvgIpc) is 3.42. The molecule has 6 rings (SSSR count). The summed E-state index contributed by atoms with van der Waals surface area (Å²) in [5.74, 6) is 0.0738. The lowest BCUT2D eigenvalue weighted by Gasteiger charge is -2.65. The van der Waals surface area contributed by atoms with Crippen LogP contribution in [-0.4, -0.2) is 95.7 Å². The van der Waals surface area contributed by atoms with E-state index in [1.165, 1.54) is 0 Å². The van der Waals surface area contributed by atoms with Gasteiger partial charge in [-0.2, -0.15) is 0 Å². The summed E-state index contributed by atoms with van der Waals surface area (Å²) >= 11 is 0. The number of carbonyl (C=O) groups is 1. The summed E-state index contributed by atoms with van der Waals surface area (Å²) in [4.78, 5) is 19.2. The fraction of sp³-hybridized carbons (Fsp3) is 0.862. The maximum absolute atomic E-state index is 12.5. The van der Waals surface area contributed by atoms with Crippen molar-refractivity contribution in [3.63, 3.8) is 0 Å². The van der Waals surface area contributed by atoms with Crippen molar-refractivity contribution in [3.05, 3.63) is 11.6 Å². The Bertz CT molecular complexity index is 964. The molecule has 0 unspecified atom stereocenters. The van der Waals surface area contributed by atoms with Gasteiger partial charge in [0.05, 0.1) is 37.1 Å². The van der Waals surface area contributed by atoms with Gasteiger partial charge >= 0.3 is 5.97 Å². The monoisotopic (exact) mass is 516 g/mol. The average molecular weight is 517 g/mol. The minimum absolute atomic E-state index is 0.0658. The largest absolute Gasteiger partial charge is 0.458 e. The summed E-state index contributed by atoms with van der Waals surface area (Å²) < 4.78 is 10.7. The second kappa shape index (κ2) is 9.40. The van der Waals surface area contributed by atoms with Crippen LogP contribution in [0.5, 0.6) is 0 Å². The first-order valence-electron chi connectivity index (χ1n) is 14.5. The van der Waals surface area contributed by atoms with Crippen LogP contribution in [0.1, 0.15) is 64.7 Å². The zero-order valence-corrected chi connectivity index (χ0v) is 22.2. The number of aliphatic hydroxyl groups excluding tert-OH is 1. The van der Waals surface area contributed by atoms with Crippen LogP contribution >= 0.6 is 0 Å². The van der Waals surface area contributed by atoms with E-state index in [-0.39, 0.29) is 29.1 Å². The van der Waals surface area contributed by atoms with Crippen LogP contribution in [0, 0.1) is 28.6 Å². The zero-order chi connectivity index (χ0) is 25.9. The Kier molecular flexibility index (Phi) is 6.59. The number of aliphatic hydroxyl groups is 3. The smallest absolute Gasteiger partial charge is 0.331 e. The Morgan fingerprint density at radius 2 is 1.86 bits per heavy atom. The van der Waals surface area contributed by atoms with Gasteiger partial charge < -0.3 is 24.8 Å². The number of hydrogen-bond acceptors (Lipinski definition) is 8. The van der Waals surface area contributed by atoms with Crippen LogP contribution in [0.4, 0.5) is 0 Å². The lowest BCUT2D eigenvalue weighted by molar-refractivity contribution is -0.237. The number of aliphatic imine (C=N–C) groups is 1. The van der Waals surface area contributed by atoms with E-state index in [0.717, 1.165) is 64.1 Å². The molecule has 0 bridgehead atoms. The Labute approximate surface area is 220 Å². The van der Waals surface area contributed by atoms with E-state index < -0.39 is 22.7 Å². The highest BCUT2D eigenvalue weighted by Gasteiger charge is 2.71. The Hall–Kier alpha value is -1.32. The Balaban J connectivity index is 1.28. The van der Waals surface area contributed by atoms with Gasteiger partial charge in [0.2, 0.25) is 0 Å². The third kappa shape index (κ3) is 3.96. The SMILES string of the molecule is C[C@]12CC[C@H]3[C@@H](CC[C@]4(O)C[C@@H](O)CC[C@]34C=NCCN3CCOCC3)[C@]1(O)CC[C@@H]2C1=CC(=O)OC1. The molecule has 0 aromatic carbocycles. The molecule has 4 saturated carbocycles. The van der Waals surface area contributed by atoms with Crippen molar-refractivity contribution in [1.29, 1.82) is 0 Å². The highest BCUT2D eigenvalue weighted by Crippen LogP contribution is 2.70. The van der Waals surface area contributed by atoms with Crippen LogP contribution in [0.25, 0.3) is 0 Å². The van der Waals surface area contributed by atoms with Gasteiger partial charge in [-0.1, -0.05) is 6.92 Å². The lowest BCUT2D eigenvalue weighted by atomic mass is 9.41. The second-order valence-electron chi connectivity index (χ2n) is 13.0. The summed E-state index contributed by atoms with van der Waals surface area (Å²) in [5, 5.41) is 35.2. The van der Waals surface area contributed by atoms with Crippen molar-refractivity contribution in [3.8, 4) is 0 Å². The number of nitrogens with zero attached hydrogens (tertiary/aromatic N) is 2.